The largest absolute Gasteiger partial charge is 0.573 e. The summed E-state index contributed by atoms with van der Waals surface area (Å²) in [5.74, 6) is -0.860. The normalized spacial score (nSPS) is 11.3. The summed E-state index contributed by atoms with van der Waals surface area (Å²) < 4.78 is 39.2. The van der Waals surface area contributed by atoms with Crippen molar-refractivity contribution in [3.8, 4) is 5.75 Å². The molecule has 0 bridgehead atoms. The Bertz CT molecular complexity index is 412. The van der Waals surface area contributed by atoms with Crippen LogP contribution in [-0.4, -0.2) is 11.3 Å². The highest BCUT2D eigenvalue weighted by atomic mass is 35.5. The van der Waals surface area contributed by atoms with Gasteiger partial charge in [0, 0.05) is 12.1 Å². The molecular formula is C7H2Cl2F3NO3. The number of halogens is 5. The van der Waals surface area contributed by atoms with Crippen LogP contribution in [0.4, 0.5) is 18.9 Å². The van der Waals surface area contributed by atoms with Crippen molar-refractivity contribution in [2.45, 2.75) is 6.36 Å². The monoisotopic (exact) mass is 275 g/mol. The number of nitro benzene ring substituents is 1. The van der Waals surface area contributed by atoms with Crippen LogP contribution in [0, 0.1) is 10.1 Å². The summed E-state index contributed by atoms with van der Waals surface area (Å²) >= 11 is 10.7. The van der Waals surface area contributed by atoms with Gasteiger partial charge in [-0.25, -0.2) is 0 Å². The van der Waals surface area contributed by atoms with Crippen molar-refractivity contribution in [2.75, 3.05) is 0 Å². The van der Waals surface area contributed by atoms with Crippen LogP contribution in [0.1, 0.15) is 0 Å². The zero-order chi connectivity index (χ0) is 12.5. The minimum absolute atomic E-state index is 0.524. The zero-order valence-electron chi connectivity index (χ0n) is 7.22. The van der Waals surface area contributed by atoms with Crippen molar-refractivity contribution in [3.63, 3.8) is 0 Å². The minimum Gasteiger partial charge on any atom is -0.403 e. The average Bonchev–Trinajstić information content (AvgIpc) is 2.09. The molecule has 0 heterocycles. The van der Waals surface area contributed by atoms with Gasteiger partial charge in [0.05, 0.1) is 15.0 Å². The van der Waals surface area contributed by atoms with Crippen LogP contribution in [0.2, 0.25) is 10.0 Å². The van der Waals surface area contributed by atoms with Crippen LogP contribution in [0.15, 0.2) is 12.1 Å². The molecule has 0 spiro atoms. The van der Waals surface area contributed by atoms with Crippen LogP contribution >= 0.6 is 23.2 Å². The Morgan fingerprint density at radius 3 is 2.00 bits per heavy atom. The molecule has 0 aliphatic heterocycles. The first-order valence-corrected chi connectivity index (χ1v) is 4.35. The van der Waals surface area contributed by atoms with E-state index in [0.717, 1.165) is 0 Å². The van der Waals surface area contributed by atoms with E-state index < -0.39 is 32.8 Å². The van der Waals surface area contributed by atoms with Gasteiger partial charge in [0.15, 0.2) is 5.75 Å². The van der Waals surface area contributed by atoms with Gasteiger partial charge in [0.25, 0.3) is 5.69 Å². The second-order valence-electron chi connectivity index (χ2n) is 2.54. The minimum atomic E-state index is -4.97. The van der Waals surface area contributed by atoms with Gasteiger partial charge in [0.2, 0.25) is 0 Å². The van der Waals surface area contributed by atoms with Crippen molar-refractivity contribution >= 4 is 28.9 Å². The number of alkyl halides is 3. The van der Waals surface area contributed by atoms with E-state index in [1.54, 1.807) is 0 Å². The number of benzene rings is 1. The molecule has 0 amide bonds. The van der Waals surface area contributed by atoms with Crippen LogP contribution in [0.5, 0.6) is 5.75 Å². The van der Waals surface area contributed by atoms with Gasteiger partial charge in [0.1, 0.15) is 0 Å². The van der Waals surface area contributed by atoms with E-state index in [1.165, 1.54) is 0 Å². The summed E-state index contributed by atoms with van der Waals surface area (Å²) in [5, 5.41) is 9.15. The van der Waals surface area contributed by atoms with Crippen LogP contribution < -0.4 is 4.74 Å². The number of hydrogen-bond acceptors (Lipinski definition) is 3. The molecule has 0 atom stereocenters. The van der Waals surface area contributed by atoms with Crippen molar-refractivity contribution in [1.82, 2.24) is 0 Å². The van der Waals surface area contributed by atoms with Crippen LogP contribution in [0.3, 0.4) is 0 Å². The maximum Gasteiger partial charge on any atom is 0.573 e. The third-order valence-electron chi connectivity index (χ3n) is 1.41. The molecule has 88 valence electrons. The third-order valence-corrected chi connectivity index (χ3v) is 1.97. The molecule has 0 radical (unpaired) electrons. The predicted octanol–water partition coefficient (Wildman–Crippen LogP) is 3.80. The van der Waals surface area contributed by atoms with Gasteiger partial charge in [-0.2, -0.15) is 0 Å². The van der Waals surface area contributed by atoms with Gasteiger partial charge < -0.3 is 4.74 Å². The van der Waals surface area contributed by atoms with Gasteiger partial charge in [-0.15, -0.1) is 13.2 Å². The number of ether oxygens (including phenoxy) is 1. The number of non-ortho nitro benzene ring substituents is 1. The maximum absolute atomic E-state index is 11.9. The van der Waals surface area contributed by atoms with Crippen LogP contribution in [-0.2, 0) is 0 Å². The van der Waals surface area contributed by atoms with Crippen molar-refractivity contribution in [2.24, 2.45) is 0 Å². The number of nitro groups is 1. The summed E-state index contributed by atoms with van der Waals surface area (Å²) in [6, 6.07) is 1.43. The van der Waals surface area contributed by atoms with Gasteiger partial charge in [-0.05, 0) is 0 Å². The van der Waals surface area contributed by atoms with Crippen molar-refractivity contribution in [3.05, 3.63) is 32.3 Å². The first-order chi connectivity index (χ1) is 7.20. The summed E-state index contributed by atoms with van der Waals surface area (Å²) in [6.07, 6.45) is -4.97. The molecule has 16 heavy (non-hydrogen) atoms. The van der Waals surface area contributed by atoms with E-state index in [2.05, 4.69) is 4.74 Å². The Morgan fingerprint density at radius 1 is 1.25 bits per heavy atom. The summed E-state index contributed by atoms with van der Waals surface area (Å²) in [7, 11) is 0. The fourth-order valence-corrected chi connectivity index (χ4v) is 1.42. The molecule has 0 aromatic heterocycles. The van der Waals surface area contributed by atoms with Gasteiger partial charge in [-0.1, -0.05) is 23.2 Å². The summed E-state index contributed by atoms with van der Waals surface area (Å²) in [4.78, 5) is 9.49. The number of rotatable bonds is 2. The molecule has 9 heteroatoms. The Morgan fingerprint density at radius 2 is 1.69 bits per heavy atom. The van der Waals surface area contributed by atoms with Crippen molar-refractivity contribution < 1.29 is 22.8 Å². The van der Waals surface area contributed by atoms with E-state index in [9.17, 15) is 23.3 Å². The predicted molar refractivity (Wildman–Crippen MR) is 49.8 cm³/mol. The second kappa shape index (κ2) is 4.34. The fourth-order valence-electron chi connectivity index (χ4n) is 0.865. The first-order valence-electron chi connectivity index (χ1n) is 3.60. The number of nitrogens with zero attached hydrogens (tertiary/aromatic N) is 1. The van der Waals surface area contributed by atoms with E-state index in [4.69, 9.17) is 23.2 Å². The molecule has 0 unspecified atom stereocenters. The van der Waals surface area contributed by atoms with Crippen LogP contribution in [0.25, 0.3) is 0 Å². The summed E-state index contributed by atoms with van der Waals surface area (Å²) in [6.45, 7) is 0. The lowest BCUT2D eigenvalue weighted by Crippen LogP contribution is -2.17. The molecule has 4 nitrogen and oxygen atoms in total. The standard InChI is InChI=1S/C7H2Cl2F3NO3/c8-4-1-3(13(14)15)2-5(9)6(4)16-7(10,11)12/h1-2H. The summed E-state index contributed by atoms with van der Waals surface area (Å²) in [5.41, 5.74) is -0.524. The highest BCUT2D eigenvalue weighted by Crippen LogP contribution is 2.39. The van der Waals surface area contributed by atoms with E-state index >= 15 is 0 Å². The zero-order valence-corrected chi connectivity index (χ0v) is 8.73. The molecule has 0 saturated heterocycles. The highest BCUT2D eigenvalue weighted by molar-refractivity contribution is 6.37. The van der Waals surface area contributed by atoms with E-state index in [0.29, 0.717) is 12.1 Å². The Kier molecular flexibility index (Phi) is 3.49. The fraction of sp³-hybridized carbons (Fsp3) is 0.143. The molecule has 0 fully saturated rings. The molecule has 0 aliphatic rings. The molecular weight excluding hydrogens is 274 g/mol. The third kappa shape index (κ3) is 3.14. The quantitative estimate of drug-likeness (QED) is 0.609. The Balaban J connectivity index is 3.18. The lowest BCUT2D eigenvalue weighted by atomic mass is 10.3. The molecule has 1 rings (SSSR count). The molecule has 0 saturated carbocycles. The van der Waals surface area contributed by atoms with E-state index in [-0.39, 0.29) is 0 Å². The maximum atomic E-state index is 11.9. The van der Waals surface area contributed by atoms with Gasteiger partial charge >= 0.3 is 6.36 Å². The lowest BCUT2D eigenvalue weighted by molar-refractivity contribution is -0.384. The molecule has 0 aliphatic carbocycles. The second-order valence-corrected chi connectivity index (χ2v) is 3.36. The lowest BCUT2D eigenvalue weighted by Gasteiger charge is -2.11. The molecule has 0 N–H and O–H groups in total. The average molecular weight is 276 g/mol. The smallest absolute Gasteiger partial charge is 0.403 e. The Labute approximate surface area is 96.7 Å². The van der Waals surface area contributed by atoms with E-state index in [1.807, 2.05) is 0 Å². The van der Waals surface area contributed by atoms with Crippen molar-refractivity contribution in [1.29, 1.82) is 0 Å². The topological polar surface area (TPSA) is 52.4 Å². The molecule has 1 aromatic carbocycles. The van der Waals surface area contributed by atoms with Gasteiger partial charge in [-0.3, -0.25) is 10.1 Å². The number of hydrogen-bond donors (Lipinski definition) is 0. The Hall–Kier alpha value is -1.21. The molecule has 1 aromatic rings. The SMILES string of the molecule is O=[N+]([O-])c1cc(Cl)c(OC(F)(F)F)c(Cl)c1. The first kappa shape index (κ1) is 12.9. The highest BCUT2D eigenvalue weighted by Gasteiger charge is 2.33.